The maximum absolute atomic E-state index is 11.6. The van der Waals surface area contributed by atoms with Gasteiger partial charge in [0, 0.05) is 20.0 Å². The molecule has 1 amide bonds. The van der Waals surface area contributed by atoms with Crippen LogP contribution in [-0.2, 0) is 4.79 Å². The number of likely N-dealkylation sites (N-methyl/N-ethyl adjacent to an activating group) is 1. The molecule has 0 heterocycles. The van der Waals surface area contributed by atoms with Gasteiger partial charge in [-0.05, 0) is 13.3 Å². The Labute approximate surface area is 87.0 Å². The van der Waals surface area contributed by atoms with Crippen LogP contribution in [0.25, 0.3) is 0 Å². The quantitative estimate of drug-likeness (QED) is 0.679. The van der Waals surface area contributed by atoms with E-state index in [1.807, 2.05) is 19.1 Å². The summed E-state index contributed by atoms with van der Waals surface area (Å²) in [5.74, 6) is 0.168. The maximum atomic E-state index is 11.6. The van der Waals surface area contributed by atoms with Crippen LogP contribution >= 0.6 is 0 Å². The van der Waals surface area contributed by atoms with Gasteiger partial charge in [0.2, 0.25) is 5.91 Å². The number of nitrogens with two attached hydrogens (primary N) is 1. The molecule has 0 saturated carbocycles. The summed E-state index contributed by atoms with van der Waals surface area (Å²) in [5, 5.41) is 0. The van der Waals surface area contributed by atoms with E-state index in [0.29, 0.717) is 0 Å². The van der Waals surface area contributed by atoms with Gasteiger partial charge in [-0.15, -0.1) is 0 Å². The molecule has 2 unspecified atom stereocenters. The van der Waals surface area contributed by atoms with E-state index in [0.717, 1.165) is 12.8 Å². The van der Waals surface area contributed by atoms with Crippen LogP contribution in [0.2, 0.25) is 0 Å². The lowest BCUT2D eigenvalue weighted by Gasteiger charge is -2.22. The van der Waals surface area contributed by atoms with Gasteiger partial charge in [-0.25, -0.2) is 0 Å². The van der Waals surface area contributed by atoms with Gasteiger partial charge in [0.1, 0.15) is 0 Å². The molecular weight excluding hydrogens is 176 g/mol. The Balaban J connectivity index is 4.41. The van der Waals surface area contributed by atoms with Crippen molar-refractivity contribution in [2.75, 3.05) is 14.1 Å². The first kappa shape index (κ1) is 13.2. The Morgan fingerprint density at radius 3 is 2.43 bits per heavy atom. The summed E-state index contributed by atoms with van der Waals surface area (Å²) in [6.07, 6.45) is 5.99. The van der Waals surface area contributed by atoms with Gasteiger partial charge in [0.15, 0.2) is 0 Å². The molecule has 3 nitrogen and oxygen atoms in total. The van der Waals surface area contributed by atoms with E-state index in [4.69, 9.17) is 5.73 Å². The lowest BCUT2D eigenvalue weighted by atomic mass is 9.94. The zero-order valence-corrected chi connectivity index (χ0v) is 9.66. The van der Waals surface area contributed by atoms with Gasteiger partial charge in [0.25, 0.3) is 0 Å². The molecule has 0 rings (SSSR count). The van der Waals surface area contributed by atoms with Gasteiger partial charge in [-0.1, -0.05) is 25.5 Å². The Kier molecular flexibility index (Phi) is 6.21. The molecule has 0 aliphatic carbocycles. The molecule has 0 bridgehead atoms. The molecule has 0 fully saturated rings. The number of carbonyl (C=O) groups is 1. The molecule has 0 aliphatic heterocycles. The summed E-state index contributed by atoms with van der Waals surface area (Å²) < 4.78 is 0. The molecule has 2 N–H and O–H groups in total. The minimum absolute atomic E-state index is 0.00144. The highest BCUT2D eigenvalue weighted by Crippen LogP contribution is 2.13. The molecular formula is C11H22N2O. The molecule has 0 aromatic rings. The first-order valence-electron chi connectivity index (χ1n) is 5.14. The summed E-state index contributed by atoms with van der Waals surface area (Å²) in [4.78, 5) is 13.2. The fraction of sp³-hybridized carbons (Fsp3) is 0.727. The minimum Gasteiger partial charge on any atom is -0.347 e. The van der Waals surface area contributed by atoms with Crippen molar-refractivity contribution in [1.82, 2.24) is 4.90 Å². The number of carbonyl (C=O) groups excluding carboxylic acids is 1. The van der Waals surface area contributed by atoms with Crippen molar-refractivity contribution in [3.63, 3.8) is 0 Å². The fourth-order valence-corrected chi connectivity index (χ4v) is 1.46. The van der Waals surface area contributed by atoms with Crippen LogP contribution in [0.3, 0.4) is 0 Å². The van der Waals surface area contributed by atoms with Crippen molar-refractivity contribution in [1.29, 1.82) is 0 Å². The Morgan fingerprint density at radius 1 is 1.50 bits per heavy atom. The predicted molar refractivity (Wildman–Crippen MR) is 59.9 cm³/mol. The Morgan fingerprint density at radius 2 is 2.07 bits per heavy atom. The summed E-state index contributed by atoms with van der Waals surface area (Å²) in [5.41, 5.74) is 5.89. The monoisotopic (exact) mass is 198 g/mol. The topological polar surface area (TPSA) is 46.3 Å². The van der Waals surface area contributed by atoms with Crippen molar-refractivity contribution in [3.8, 4) is 0 Å². The van der Waals surface area contributed by atoms with Crippen LogP contribution in [-0.4, -0.2) is 30.9 Å². The average molecular weight is 198 g/mol. The largest absolute Gasteiger partial charge is 0.347 e. The van der Waals surface area contributed by atoms with E-state index < -0.39 is 6.04 Å². The van der Waals surface area contributed by atoms with Gasteiger partial charge < -0.3 is 10.6 Å². The predicted octanol–water partition coefficient (Wildman–Crippen LogP) is 1.39. The first-order chi connectivity index (χ1) is 6.54. The van der Waals surface area contributed by atoms with Gasteiger partial charge in [-0.3, -0.25) is 4.79 Å². The molecule has 0 aromatic carbocycles. The highest BCUT2D eigenvalue weighted by molar-refractivity contribution is 5.81. The van der Waals surface area contributed by atoms with Crippen molar-refractivity contribution < 1.29 is 4.79 Å². The van der Waals surface area contributed by atoms with Crippen LogP contribution in [0.5, 0.6) is 0 Å². The van der Waals surface area contributed by atoms with Crippen LogP contribution in [0.1, 0.15) is 26.7 Å². The number of allylic oxidation sites excluding steroid dienone is 1. The van der Waals surface area contributed by atoms with Crippen molar-refractivity contribution in [3.05, 3.63) is 12.2 Å². The third kappa shape index (κ3) is 3.92. The van der Waals surface area contributed by atoms with E-state index in [9.17, 15) is 4.79 Å². The zero-order chi connectivity index (χ0) is 11.1. The van der Waals surface area contributed by atoms with E-state index in [1.165, 1.54) is 0 Å². The summed E-state index contributed by atoms with van der Waals surface area (Å²) in [6, 6.07) is -0.402. The lowest BCUT2D eigenvalue weighted by molar-refractivity contribution is -0.130. The maximum Gasteiger partial charge on any atom is 0.239 e. The standard InChI is InChI=1S/C11H22N2O/c1-5-7-9(8-6-2)10(12)11(14)13(3)4/h5,7,9-10H,6,8,12H2,1-4H3/b7-5-. The molecule has 14 heavy (non-hydrogen) atoms. The molecule has 0 radical (unpaired) electrons. The minimum atomic E-state index is -0.402. The van der Waals surface area contributed by atoms with Gasteiger partial charge in [-0.2, -0.15) is 0 Å². The van der Waals surface area contributed by atoms with E-state index in [-0.39, 0.29) is 11.8 Å². The van der Waals surface area contributed by atoms with Gasteiger partial charge in [0.05, 0.1) is 6.04 Å². The molecule has 0 aromatic heterocycles. The normalized spacial score (nSPS) is 15.5. The molecule has 82 valence electrons. The molecule has 0 saturated heterocycles. The van der Waals surface area contributed by atoms with Crippen LogP contribution < -0.4 is 5.73 Å². The van der Waals surface area contributed by atoms with Crippen molar-refractivity contribution in [2.45, 2.75) is 32.7 Å². The zero-order valence-electron chi connectivity index (χ0n) is 9.66. The molecule has 2 atom stereocenters. The van der Waals surface area contributed by atoms with Crippen molar-refractivity contribution >= 4 is 5.91 Å². The van der Waals surface area contributed by atoms with E-state index in [2.05, 4.69) is 6.92 Å². The number of amides is 1. The number of nitrogens with zero attached hydrogens (tertiary/aromatic N) is 1. The Hall–Kier alpha value is -0.830. The second kappa shape index (κ2) is 6.60. The van der Waals surface area contributed by atoms with Crippen molar-refractivity contribution in [2.24, 2.45) is 11.7 Å². The Bertz CT molecular complexity index is 199. The van der Waals surface area contributed by atoms with Gasteiger partial charge >= 0.3 is 0 Å². The number of rotatable bonds is 5. The smallest absolute Gasteiger partial charge is 0.239 e. The summed E-state index contributed by atoms with van der Waals surface area (Å²) in [7, 11) is 3.47. The second-order valence-corrected chi connectivity index (χ2v) is 3.74. The first-order valence-corrected chi connectivity index (χ1v) is 5.14. The summed E-state index contributed by atoms with van der Waals surface area (Å²) >= 11 is 0. The third-order valence-electron chi connectivity index (χ3n) is 2.25. The van der Waals surface area contributed by atoms with Crippen LogP contribution in [0, 0.1) is 5.92 Å². The van der Waals surface area contributed by atoms with Crippen LogP contribution in [0.4, 0.5) is 0 Å². The van der Waals surface area contributed by atoms with E-state index >= 15 is 0 Å². The number of hydrogen-bond donors (Lipinski definition) is 1. The summed E-state index contributed by atoms with van der Waals surface area (Å²) in [6.45, 7) is 4.05. The molecule has 3 heteroatoms. The second-order valence-electron chi connectivity index (χ2n) is 3.74. The molecule has 0 spiro atoms. The molecule has 0 aliphatic rings. The third-order valence-corrected chi connectivity index (χ3v) is 2.25. The number of hydrogen-bond acceptors (Lipinski definition) is 2. The highest BCUT2D eigenvalue weighted by Gasteiger charge is 2.22. The SMILES string of the molecule is C/C=C\C(CCC)C(N)C(=O)N(C)C. The fourth-order valence-electron chi connectivity index (χ4n) is 1.46. The average Bonchev–Trinajstić information content (AvgIpc) is 2.15. The van der Waals surface area contributed by atoms with Crippen LogP contribution in [0.15, 0.2) is 12.2 Å². The lowest BCUT2D eigenvalue weighted by Crippen LogP contribution is -2.44. The highest BCUT2D eigenvalue weighted by atomic mass is 16.2. The van der Waals surface area contributed by atoms with E-state index in [1.54, 1.807) is 19.0 Å².